The molecule has 3 aromatic heterocycles. The van der Waals surface area contributed by atoms with E-state index < -0.39 is 80.8 Å². The molecule has 23 heteroatoms. The van der Waals surface area contributed by atoms with Gasteiger partial charge in [-0.15, -0.1) is 11.3 Å². The highest BCUT2D eigenvalue weighted by Crippen LogP contribution is 2.46. The number of alkyl halides is 2. The first-order valence-electron chi connectivity index (χ1n) is 19.9. The molecule has 1 fully saturated rings. The summed E-state index contributed by atoms with van der Waals surface area (Å²) in [6, 6.07) is 6.75. The molecule has 5 atom stereocenters. The number of carbonyl (C=O) groups is 2. The Bertz CT molecular complexity index is 2620. The summed E-state index contributed by atoms with van der Waals surface area (Å²) in [7, 11) is -2.87. The minimum absolute atomic E-state index is 0.00161. The van der Waals surface area contributed by atoms with Crippen molar-refractivity contribution >= 4 is 65.2 Å². The van der Waals surface area contributed by atoms with Crippen LogP contribution in [-0.4, -0.2) is 97.9 Å². The minimum atomic E-state index is -4.05. The maximum Gasteiger partial charge on any atom is 0.342 e. The molecular weight excluding hydrogens is 900 g/mol. The van der Waals surface area contributed by atoms with E-state index >= 15 is 8.78 Å². The van der Waals surface area contributed by atoms with Crippen LogP contribution in [0.15, 0.2) is 83.0 Å². The summed E-state index contributed by atoms with van der Waals surface area (Å²) in [6.45, 7) is 5.96. The molecule has 1 saturated heterocycles. The number of benzene rings is 2. The predicted molar refractivity (Wildman–Crippen MR) is 233 cm³/mol. The van der Waals surface area contributed by atoms with E-state index in [2.05, 4.69) is 30.3 Å². The first kappa shape index (κ1) is 46.5. The first-order valence-corrected chi connectivity index (χ1v) is 23.0. The number of halogens is 4. The molecule has 0 bridgehead atoms. The number of nitrogens with two attached hydrogens (primary N) is 1. The smallest absolute Gasteiger partial charge is 0.342 e. The Morgan fingerprint density at radius 1 is 1.11 bits per heavy atom. The summed E-state index contributed by atoms with van der Waals surface area (Å²) in [5.41, 5.74) is 7.79. The van der Waals surface area contributed by atoms with Crippen molar-refractivity contribution < 1.29 is 46.1 Å². The number of nitrogens with zero attached hydrogens (tertiary/aromatic N) is 7. The molecular formula is C41H45ClF3N10O7PS. The maximum absolute atomic E-state index is 15.5. The second-order valence-corrected chi connectivity index (χ2v) is 18.8. The zero-order valence-electron chi connectivity index (χ0n) is 35.2. The Hall–Kier alpha value is -5.44. The Morgan fingerprint density at radius 2 is 1.88 bits per heavy atom. The summed E-state index contributed by atoms with van der Waals surface area (Å²) in [5, 5.41) is 8.09. The number of methoxy groups -OCH3 is 1. The number of hydrogen-bond acceptors (Lipinski definition) is 16. The molecule has 0 radical (unpaired) electrons. The van der Waals surface area contributed by atoms with Crippen LogP contribution in [0.2, 0.25) is 5.02 Å². The lowest BCUT2D eigenvalue weighted by Crippen LogP contribution is -2.40. The predicted octanol–water partition coefficient (Wildman–Crippen LogP) is 6.82. The molecule has 64 heavy (non-hydrogen) atoms. The molecule has 0 amide bonds. The van der Waals surface area contributed by atoms with Gasteiger partial charge in [-0.3, -0.25) is 19.3 Å². The van der Waals surface area contributed by atoms with Crippen molar-refractivity contribution in [2.45, 2.75) is 76.9 Å². The van der Waals surface area contributed by atoms with E-state index in [1.54, 1.807) is 49.0 Å². The van der Waals surface area contributed by atoms with E-state index in [1.807, 2.05) is 0 Å². The lowest BCUT2D eigenvalue weighted by Gasteiger charge is -2.31. The van der Waals surface area contributed by atoms with Crippen molar-refractivity contribution in [1.82, 2.24) is 39.8 Å². The van der Waals surface area contributed by atoms with Crippen LogP contribution in [0.25, 0.3) is 11.2 Å². The number of rotatable bonds is 17. The molecule has 7 rings (SSSR count). The molecule has 17 nitrogen and oxygen atoms in total. The van der Waals surface area contributed by atoms with Gasteiger partial charge in [-0.25, -0.2) is 43.0 Å². The molecule has 0 aliphatic carbocycles. The van der Waals surface area contributed by atoms with Crippen molar-refractivity contribution in [3.8, 4) is 5.75 Å². The van der Waals surface area contributed by atoms with Gasteiger partial charge in [-0.1, -0.05) is 29.8 Å². The molecule has 2 aliphatic rings. The number of anilines is 1. The number of hydrogen-bond donors (Lipinski definition) is 3. The highest BCUT2D eigenvalue weighted by atomic mass is 35.5. The summed E-state index contributed by atoms with van der Waals surface area (Å²) >= 11 is 7.76. The number of amidine groups is 1. The van der Waals surface area contributed by atoms with Crippen molar-refractivity contribution in [1.29, 1.82) is 0 Å². The second kappa shape index (κ2) is 19.3. The Labute approximate surface area is 374 Å². The molecule has 0 saturated carbocycles. The second-order valence-electron chi connectivity index (χ2n) is 15.5. The van der Waals surface area contributed by atoms with Crippen LogP contribution in [0.3, 0.4) is 0 Å². The van der Waals surface area contributed by atoms with E-state index in [9.17, 15) is 18.5 Å². The van der Waals surface area contributed by atoms with Gasteiger partial charge in [0.05, 0.1) is 44.3 Å². The summed E-state index contributed by atoms with van der Waals surface area (Å²) < 4.78 is 83.9. The molecule has 5 aromatic rings. The van der Waals surface area contributed by atoms with E-state index in [1.165, 1.54) is 67.2 Å². The summed E-state index contributed by atoms with van der Waals surface area (Å²) in [6.07, 6.45) is 2.36. The summed E-state index contributed by atoms with van der Waals surface area (Å²) in [4.78, 5) is 49.4. The number of ether oxygens (including phenoxy) is 3. The van der Waals surface area contributed by atoms with Crippen molar-refractivity contribution in [2.24, 2.45) is 4.99 Å². The van der Waals surface area contributed by atoms with Gasteiger partial charge in [0.15, 0.2) is 22.3 Å². The number of nitrogens with one attached hydrogen (secondary N) is 2. The standard InChI is InChI=1S/C41H45ClF3N10O7PS/c1-22(2)61-39(56)24(4)53-63(58,21-60-23(3)16-55-20-50-34-35(46)48-19-49-37(34)55)62-27-9-6-25(7-10-27)31-15-41(44,45)18-54(31)17-30-32(40(57)59-5)33(28-11-8-26(43)14-29(28)42)52-36(51-30)38-47-12-13-64-38/h6-14,19-20,22-24,31,33H,15-18,21H2,1-5H3,(H,51,52)(H,53,58)(H2,46,48,49)/t23-,24?,31?,33?,63?/m1/s1. The minimum Gasteiger partial charge on any atom is -0.466 e. The number of imidazole rings is 1. The number of thiazole rings is 1. The van der Waals surface area contributed by atoms with Gasteiger partial charge in [0.2, 0.25) is 0 Å². The first-order chi connectivity index (χ1) is 30.4. The van der Waals surface area contributed by atoms with Gasteiger partial charge < -0.3 is 34.4 Å². The molecule has 4 unspecified atom stereocenters. The number of esters is 2. The van der Waals surface area contributed by atoms with Crippen LogP contribution in [0, 0.1) is 5.82 Å². The normalized spacial score (nSPS) is 19.5. The fourth-order valence-corrected chi connectivity index (χ4v) is 9.98. The van der Waals surface area contributed by atoms with Crippen molar-refractivity contribution in [3.05, 3.63) is 105 Å². The summed E-state index contributed by atoms with van der Waals surface area (Å²) in [5.74, 6) is -4.63. The fraction of sp³-hybridized carbons (Fsp3) is 0.390. The highest BCUT2D eigenvalue weighted by Gasteiger charge is 2.47. The van der Waals surface area contributed by atoms with Gasteiger partial charge in [0.1, 0.15) is 41.8 Å². The third-order valence-electron chi connectivity index (χ3n) is 10.2. The Morgan fingerprint density at radius 3 is 2.56 bits per heavy atom. The highest BCUT2D eigenvalue weighted by molar-refractivity contribution is 7.57. The SMILES string of the molecule is COC(=O)C1=C(CN2CC(F)(F)CC2c2ccc(OP(=O)(CO[C@H](C)Cn3cnc4c(N)ncnc43)NC(C)C(=O)OC(C)C)cc2)NC(c2nccs2)=NC1c1ccc(F)cc1Cl. The number of aromatic nitrogens is 5. The van der Waals surface area contributed by atoms with Crippen LogP contribution >= 0.6 is 30.5 Å². The number of likely N-dealkylation sites (tertiary alicyclic amines) is 1. The van der Waals surface area contributed by atoms with Crippen LogP contribution in [0.1, 0.15) is 62.3 Å². The topological polar surface area (TPSA) is 210 Å². The molecule has 2 aromatic carbocycles. The Balaban J connectivity index is 1.14. The van der Waals surface area contributed by atoms with Gasteiger partial charge >= 0.3 is 19.5 Å². The number of carbonyl (C=O) groups excluding carboxylic acids is 2. The average molecular weight is 945 g/mol. The number of fused-ring (bicyclic) bond motifs is 1. The van der Waals surface area contributed by atoms with Gasteiger partial charge in [0.25, 0.3) is 5.92 Å². The average Bonchev–Trinajstić information content (AvgIpc) is 4.00. The van der Waals surface area contributed by atoms with Gasteiger partial charge in [-0.2, -0.15) is 0 Å². The van der Waals surface area contributed by atoms with Crippen LogP contribution in [0.4, 0.5) is 19.0 Å². The van der Waals surface area contributed by atoms with E-state index in [4.69, 9.17) is 41.1 Å². The van der Waals surface area contributed by atoms with Gasteiger partial charge in [0, 0.05) is 46.9 Å². The quantitative estimate of drug-likeness (QED) is 0.0645. The van der Waals surface area contributed by atoms with Crippen molar-refractivity contribution in [3.63, 3.8) is 0 Å². The molecule has 340 valence electrons. The van der Waals surface area contributed by atoms with Crippen LogP contribution < -0.4 is 20.7 Å². The van der Waals surface area contributed by atoms with Crippen molar-refractivity contribution in [2.75, 3.05) is 32.3 Å². The lowest BCUT2D eigenvalue weighted by molar-refractivity contribution is -0.149. The molecule has 2 aliphatic heterocycles. The monoisotopic (exact) mass is 944 g/mol. The zero-order valence-corrected chi connectivity index (χ0v) is 37.7. The van der Waals surface area contributed by atoms with E-state index in [0.29, 0.717) is 27.3 Å². The third kappa shape index (κ3) is 10.7. The molecule has 5 heterocycles. The maximum atomic E-state index is 15.5. The molecule has 4 N–H and O–H groups in total. The van der Waals surface area contributed by atoms with Crippen LogP contribution in [0.5, 0.6) is 5.75 Å². The van der Waals surface area contributed by atoms with Gasteiger partial charge in [-0.05, 0) is 57.5 Å². The largest absolute Gasteiger partial charge is 0.466 e. The van der Waals surface area contributed by atoms with Crippen LogP contribution in [-0.2, 0) is 34.9 Å². The molecule has 0 spiro atoms. The Kier molecular flexibility index (Phi) is 14.1. The third-order valence-corrected chi connectivity index (χ3v) is 13.1. The van der Waals surface area contributed by atoms with E-state index in [0.717, 1.165) is 6.07 Å². The number of nitrogen functional groups attached to an aromatic ring is 1. The van der Waals surface area contributed by atoms with E-state index in [-0.39, 0.29) is 46.8 Å². The zero-order chi connectivity index (χ0) is 45.9. The number of aliphatic imine (C=N–C) groups is 1. The lowest BCUT2D eigenvalue weighted by atomic mass is 9.95. The fourth-order valence-electron chi connectivity index (χ4n) is 7.33.